The molecule has 72 heavy (non-hydrogen) atoms. The molecule has 0 bridgehead atoms. The van der Waals surface area contributed by atoms with Gasteiger partial charge in [-0.1, -0.05) is 39.0 Å². The molecule has 3 aliphatic heterocycles. The molecule has 1 unspecified atom stereocenters. The first kappa shape index (κ1) is 49.5. The van der Waals surface area contributed by atoms with Crippen LogP contribution in [0.5, 0.6) is 0 Å². The van der Waals surface area contributed by atoms with Crippen LogP contribution in [0.2, 0.25) is 0 Å². The van der Waals surface area contributed by atoms with Gasteiger partial charge >= 0.3 is 0 Å². The van der Waals surface area contributed by atoms with Crippen molar-refractivity contribution in [1.82, 2.24) is 30.0 Å². The molecule has 2 aromatic heterocycles. The summed E-state index contributed by atoms with van der Waals surface area (Å²) in [5, 5.41) is 20.9. The van der Waals surface area contributed by atoms with Crippen LogP contribution in [0.1, 0.15) is 118 Å². The van der Waals surface area contributed by atoms with Crippen LogP contribution < -0.4 is 31.5 Å². The van der Waals surface area contributed by atoms with Gasteiger partial charge < -0.3 is 35.3 Å². The maximum Gasteiger partial charge on any atom is 0.220 e. The van der Waals surface area contributed by atoms with Crippen LogP contribution in [-0.4, -0.2) is 120 Å². The number of allylic oxidation sites excluding steroid dienone is 2. The van der Waals surface area contributed by atoms with Crippen LogP contribution in [0.15, 0.2) is 59.9 Å². The third kappa shape index (κ3) is 9.42. The fraction of sp³-hybridized carbons (Fsp3) is 0.439. The summed E-state index contributed by atoms with van der Waals surface area (Å²) < 4.78 is 1.46. The highest BCUT2D eigenvalue weighted by Gasteiger charge is 2.40. The highest BCUT2D eigenvalue weighted by molar-refractivity contribution is 6.10. The van der Waals surface area contributed by atoms with E-state index in [9.17, 15) is 34.0 Å². The fourth-order valence-electron chi connectivity index (χ4n) is 11.8. The largest absolute Gasteiger partial charge is 0.384 e. The number of nitriles is 1. The van der Waals surface area contributed by atoms with Gasteiger partial charge in [0.25, 0.3) is 0 Å². The van der Waals surface area contributed by atoms with E-state index in [2.05, 4.69) is 80.5 Å². The average molecular weight is 968 g/mol. The Morgan fingerprint density at radius 2 is 1.60 bits per heavy atom. The van der Waals surface area contributed by atoms with Gasteiger partial charge in [0.2, 0.25) is 5.91 Å². The molecule has 0 saturated carbocycles. The van der Waals surface area contributed by atoms with E-state index in [1.54, 1.807) is 18.1 Å². The fourth-order valence-corrected chi connectivity index (χ4v) is 11.8. The Morgan fingerprint density at radius 1 is 0.819 bits per heavy atom. The number of aromatic amines is 1. The normalized spacial score (nSPS) is 18.0. The maximum atomic E-state index is 12.8. The molecule has 3 fully saturated rings. The molecular formula is C57H61N9O6. The molecule has 0 radical (unpaired) electrons. The Balaban J connectivity index is 0.694. The highest BCUT2D eigenvalue weighted by Crippen LogP contribution is 2.50. The summed E-state index contributed by atoms with van der Waals surface area (Å²) in [4.78, 5) is 84.5. The quantitative estimate of drug-likeness (QED) is 0.0845. The number of nitrogens with zero attached hydrogens (tertiary/aromatic N) is 5. The van der Waals surface area contributed by atoms with Crippen LogP contribution >= 0.6 is 0 Å². The first-order valence-electron chi connectivity index (χ1n) is 25.5. The zero-order valence-electron chi connectivity index (χ0n) is 41.4. The predicted molar refractivity (Wildman–Crippen MR) is 278 cm³/mol. The average Bonchev–Trinajstić information content (AvgIpc) is 3.97. The van der Waals surface area contributed by atoms with E-state index in [0.717, 1.165) is 124 Å². The predicted octanol–water partition coefficient (Wildman–Crippen LogP) is 4.59. The summed E-state index contributed by atoms with van der Waals surface area (Å²) >= 11 is 0. The molecule has 1 atom stereocenters. The molecule has 0 spiro atoms. The number of carbonyl (C=O) groups excluding carboxylic acids is 6. The first-order chi connectivity index (χ1) is 35.1. The van der Waals surface area contributed by atoms with Crippen molar-refractivity contribution in [3.8, 4) is 6.07 Å². The van der Waals surface area contributed by atoms with E-state index in [-0.39, 0.29) is 34.4 Å². The number of H-pyrrole nitrogens is 1. The third-order valence-corrected chi connectivity index (χ3v) is 15.6. The zero-order valence-corrected chi connectivity index (χ0v) is 41.4. The lowest BCUT2D eigenvalue weighted by Crippen LogP contribution is -2.53. The van der Waals surface area contributed by atoms with Crippen LogP contribution in [0.4, 0.5) is 11.4 Å². The van der Waals surface area contributed by atoms with Crippen LogP contribution in [-0.2, 0) is 40.6 Å². The molecule has 4 aliphatic rings. The number of unbranched alkanes of at least 4 members (excludes halogenated alkanes) is 2. The molecule has 15 heteroatoms. The van der Waals surface area contributed by atoms with Crippen molar-refractivity contribution in [2.24, 2.45) is 0 Å². The summed E-state index contributed by atoms with van der Waals surface area (Å²) in [5.74, 6) is 9.91. The van der Waals surface area contributed by atoms with Crippen LogP contribution in [0.25, 0.3) is 27.2 Å². The van der Waals surface area contributed by atoms with Crippen molar-refractivity contribution in [2.75, 3.05) is 69.1 Å². The molecule has 9 rings (SSSR count). The molecule has 3 saturated heterocycles. The van der Waals surface area contributed by atoms with Crippen molar-refractivity contribution in [3.05, 3.63) is 104 Å². The summed E-state index contributed by atoms with van der Waals surface area (Å²) in [6.45, 7) is 14.7. The van der Waals surface area contributed by atoms with Gasteiger partial charge in [0.05, 0.1) is 23.2 Å². The lowest BCUT2D eigenvalue weighted by atomic mass is 9.69. The van der Waals surface area contributed by atoms with Gasteiger partial charge in [0.15, 0.2) is 11.9 Å². The lowest BCUT2D eigenvalue weighted by Gasteiger charge is -2.44. The second-order valence-corrected chi connectivity index (χ2v) is 20.0. The van der Waals surface area contributed by atoms with Crippen molar-refractivity contribution in [2.45, 2.75) is 102 Å². The van der Waals surface area contributed by atoms with Crippen molar-refractivity contribution in [1.29, 1.82) is 5.26 Å². The molecule has 15 nitrogen and oxygen atoms in total. The standard InChI is InChI=1S/C57H61N9O6/c1-4-38-29-43-44(33-68)54-41-15-13-37(31-58)28-47(41)62-56(54)57(2,3)45(43)30-50(38)65-22-17-40(18-23-65)64-26-24-63(25-27-64)21-9-12-53(72)60-20-7-5-6-19-59-46-11-8-10-42-51(35-70)66(52(36-71)55(42)46)49-16-14-39(32-67)61-48(49)34-69/h8,10-11,13,15,28-30,40,49,59,61-62H,4-7,9,12,14,16-27H2,1-3H3,(H,60,72). The molecule has 1 amide bonds. The summed E-state index contributed by atoms with van der Waals surface area (Å²) in [6.07, 6.45) is 7.43. The number of piperidine rings is 2. The van der Waals surface area contributed by atoms with Gasteiger partial charge in [0, 0.05) is 121 Å². The topological polar surface area (TPSA) is 193 Å². The van der Waals surface area contributed by atoms with Gasteiger partial charge in [-0.3, -0.25) is 9.69 Å². The van der Waals surface area contributed by atoms with Gasteiger partial charge in [-0.2, -0.15) is 5.26 Å². The number of piperazine rings is 1. The highest BCUT2D eigenvalue weighted by atomic mass is 16.1. The second kappa shape index (κ2) is 21.5. The first-order valence-corrected chi connectivity index (χ1v) is 25.5. The molecule has 4 N–H and O–H groups in total. The second-order valence-electron chi connectivity index (χ2n) is 20.0. The van der Waals surface area contributed by atoms with Gasteiger partial charge in [-0.15, -0.1) is 0 Å². The number of aromatic nitrogens is 2. The van der Waals surface area contributed by atoms with Gasteiger partial charge in [-0.05, 0) is 105 Å². The molecule has 1 aliphatic carbocycles. The number of aryl methyl sites for hydroxylation is 1. The molecule has 5 heterocycles. The number of benzene rings is 3. The smallest absolute Gasteiger partial charge is 0.220 e. The van der Waals surface area contributed by atoms with E-state index >= 15 is 0 Å². The number of anilines is 2. The van der Waals surface area contributed by atoms with Gasteiger partial charge in [0.1, 0.15) is 39.9 Å². The summed E-state index contributed by atoms with van der Waals surface area (Å²) in [6, 6.07) is 17.6. The number of hydrogen-bond donors (Lipinski definition) is 4. The Bertz CT molecular complexity index is 3310. The number of rotatable bonds is 15. The SMILES string of the molecule is CCc1cc2c(cc1N1CCC(N3CCN(CCCC(=O)NCCCCCNc4cccc5c(=C=O)n(C6CCC(=C=O)NC6=C=O)c(=C=O)c45)CC3)CC1)C(C)(C)c1[nH]c3cc(C#N)ccc3c1C2=C=O. The van der Waals surface area contributed by atoms with E-state index in [1.165, 1.54) is 15.8 Å². The monoisotopic (exact) mass is 967 g/mol. The maximum absolute atomic E-state index is 12.8. The van der Waals surface area contributed by atoms with E-state index in [1.807, 2.05) is 42.1 Å². The molecule has 5 aromatic rings. The third-order valence-electron chi connectivity index (χ3n) is 15.6. The number of amides is 1. The van der Waals surface area contributed by atoms with Crippen molar-refractivity contribution in [3.63, 3.8) is 0 Å². The van der Waals surface area contributed by atoms with Crippen LogP contribution in [0.3, 0.4) is 0 Å². The Labute approximate surface area is 418 Å². The number of carbonyl (C=O) groups is 1. The number of nitrogens with one attached hydrogen (secondary N) is 4. The molecule has 3 aromatic carbocycles. The van der Waals surface area contributed by atoms with E-state index < -0.39 is 11.5 Å². The Morgan fingerprint density at radius 3 is 2.31 bits per heavy atom. The Hall–Kier alpha value is -7.47. The molecule has 370 valence electrons. The minimum atomic E-state index is -0.724. The lowest BCUT2D eigenvalue weighted by molar-refractivity contribution is -0.121. The van der Waals surface area contributed by atoms with Gasteiger partial charge in [-0.25, -0.2) is 24.0 Å². The minimum absolute atomic E-state index is 0.0347. The van der Waals surface area contributed by atoms with Crippen molar-refractivity contribution < 1.29 is 28.8 Å². The van der Waals surface area contributed by atoms with E-state index in [4.69, 9.17) is 0 Å². The summed E-state index contributed by atoms with van der Waals surface area (Å²) in [7, 11) is 0. The van der Waals surface area contributed by atoms with E-state index in [0.29, 0.717) is 59.6 Å². The minimum Gasteiger partial charge on any atom is -0.384 e. The van der Waals surface area contributed by atoms with Crippen LogP contribution in [0, 0.1) is 11.3 Å². The van der Waals surface area contributed by atoms with Crippen molar-refractivity contribution >= 4 is 74.2 Å². The summed E-state index contributed by atoms with van der Waals surface area (Å²) in [5.41, 5.74) is 8.96. The number of hydrogen-bond acceptors (Lipinski definition) is 12. The zero-order chi connectivity index (χ0) is 50.5. The Kier molecular flexibility index (Phi) is 14.8. The number of fused-ring (bicyclic) bond motifs is 5. The molecular weight excluding hydrogens is 907 g/mol.